The van der Waals surface area contributed by atoms with E-state index in [0.29, 0.717) is 41.7 Å². The van der Waals surface area contributed by atoms with Crippen LogP contribution in [-0.2, 0) is 22.4 Å². The van der Waals surface area contributed by atoms with Crippen LogP contribution in [0.15, 0.2) is 61.7 Å². The molecule has 2 aromatic rings. The van der Waals surface area contributed by atoms with Gasteiger partial charge in [0, 0.05) is 31.7 Å². The van der Waals surface area contributed by atoms with Gasteiger partial charge in [0.2, 0.25) is 0 Å². The number of amides is 2. The number of quaternary nitrogens is 2. The molecular weight excluding hydrogens is 880 g/mol. The summed E-state index contributed by atoms with van der Waals surface area (Å²) >= 11 is 0. The van der Waals surface area contributed by atoms with E-state index in [1.165, 1.54) is 5.56 Å². The van der Waals surface area contributed by atoms with Crippen molar-refractivity contribution in [3.05, 3.63) is 72.8 Å². The zero-order valence-corrected chi connectivity index (χ0v) is 42.4. The maximum atomic E-state index is 13.2. The molecule has 0 radical (unpaired) electrons. The van der Waals surface area contributed by atoms with Crippen LogP contribution in [0.5, 0.6) is 11.5 Å². The largest absolute Gasteiger partial charge is 1.00 e. The second-order valence-corrected chi connectivity index (χ2v) is 17.6. The average Bonchev–Trinajstić information content (AvgIpc) is 3.18. The lowest BCUT2D eigenvalue weighted by molar-refractivity contribution is -0.883. The van der Waals surface area contributed by atoms with Crippen LogP contribution < -0.4 is 43.4 Å². The van der Waals surface area contributed by atoms with E-state index in [1.54, 1.807) is 0 Å². The highest BCUT2D eigenvalue weighted by molar-refractivity contribution is 5.78. The summed E-state index contributed by atoms with van der Waals surface area (Å²) in [7, 11) is 8.68. The summed E-state index contributed by atoms with van der Waals surface area (Å²) in [5.74, 6) is 2.31. The number of halogens is 2. The summed E-state index contributed by atoms with van der Waals surface area (Å²) in [5.41, 5.74) is 4.45. The van der Waals surface area contributed by atoms with Crippen molar-refractivity contribution in [3.8, 4) is 22.6 Å². The Bertz CT molecular complexity index is 1500. The third kappa shape index (κ3) is 22.4. The van der Waals surface area contributed by atoms with Crippen molar-refractivity contribution in [2.45, 2.75) is 118 Å². The minimum absolute atomic E-state index is 0. The third-order valence-electron chi connectivity index (χ3n) is 10.9. The van der Waals surface area contributed by atoms with Crippen molar-refractivity contribution in [3.63, 3.8) is 0 Å². The van der Waals surface area contributed by atoms with E-state index in [-0.39, 0.29) is 45.8 Å². The minimum Gasteiger partial charge on any atom is -1.00 e. The lowest BCUT2D eigenvalue weighted by Crippen LogP contribution is -3.00. The Morgan fingerprint density at radius 3 is 1.45 bits per heavy atom. The first-order valence-electron chi connectivity index (χ1n) is 22.8. The molecule has 0 unspecified atom stereocenters. The number of carbonyl (C=O) groups is 2. The van der Waals surface area contributed by atoms with Gasteiger partial charge in [-0.05, 0) is 105 Å². The second-order valence-electron chi connectivity index (χ2n) is 17.6. The highest BCUT2D eigenvalue weighted by Crippen LogP contribution is 2.35. The maximum Gasteiger partial charge on any atom is 0.277 e. The van der Waals surface area contributed by atoms with Crippen LogP contribution in [0.2, 0.25) is 0 Å². The molecule has 0 bridgehead atoms. The van der Waals surface area contributed by atoms with Crippen LogP contribution in [0.25, 0.3) is 11.1 Å². The van der Waals surface area contributed by atoms with Crippen molar-refractivity contribution in [2.24, 2.45) is 0 Å². The molecule has 0 saturated heterocycles. The Morgan fingerprint density at radius 2 is 1.02 bits per heavy atom. The predicted molar refractivity (Wildman–Crippen MR) is 246 cm³/mol. The fourth-order valence-electron chi connectivity index (χ4n) is 7.28. The van der Waals surface area contributed by atoms with Crippen molar-refractivity contribution in [1.82, 2.24) is 9.80 Å². The number of likely N-dealkylation sites (N-methyl/N-ethyl adjacent to an activating group) is 2. The van der Waals surface area contributed by atoms with Crippen LogP contribution in [0.1, 0.15) is 116 Å². The molecule has 2 rings (SSSR count). The molecular formula is C50H84Br2N4O4. The number of hydrogen-bond donors (Lipinski definition) is 0. The molecule has 0 heterocycles. The minimum atomic E-state index is 0. The fraction of sp³-hybridized carbons (Fsp3) is 0.640. The topological polar surface area (TPSA) is 59.1 Å². The molecule has 0 aliphatic heterocycles. The third-order valence-corrected chi connectivity index (χ3v) is 10.9. The Labute approximate surface area is 388 Å². The van der Waals surface area contributed by atoms with Gasteiger partial charge >= 0.3 is 0 Å². The van der Waals surface area contributed by atoms with E-state index in [2.05, 4.69) is 115 Å². The number of carbonyl (C=O) groups excluding carboxylic acids is 2. The Kier molecular flexibility index (Phi) is 30.7. The second kappa shape index (κ2) is 32.1. The van der Waals surface area contributed by atoms with E-state index in [1.807, 2.05) is 12.2 Å². The van der Waals surface area contributed by atoms with E-state index in [4.69, 9.17) is 9.47 Å². The number of rotatable bonds is 33. The zero-order chi connectivity index (χ0) is 42.8. The normalized spacial score (nSPS) is 11.3. The molecule has 0 aromatic heterocycles. The van der Waals surface area contributed by atoms with Crippen molar-refractivity contribution >= 4 is 11.8 Å². The van der Waals surface area contributed by atoms with Crippen LogP contribution in [0.3, 0.4) is 0 Å². The van der Waals surface area contributed by atoms with Gasteiger partial charge in [-0.2, -0.15) is 0 Å². The van der Waals surface area contributed by atoms with Crippen molar-refractivity contribution < 1.29 is 62.0 Å². The van der Waals surface area contributed by atoms with Crippen LogP contribution in [0.4, 0.5) is 0 Å². The first-order chi connectivity index (χ1) is 27.8. The predicted octanol–water partition coefficient (Wildman–Crippen LogP) is 4.15. The van der Waals surface area contributed by atoms with Gasteiger partial charge in [0.1, 0.15) is 11.5 Å². The van der Waals surface area contributed by atoms with Gasteiger partial charge in [0.25, 0.3) is 11.8 Å². The van der Waals surface area contributed by atoms with Gasteiger partial charge in [-0.25, -0.2) is 0 Å². The van der Waals surface area contributed by atoms with Gasteiger partial charge in [0.05, 0.1) is 54.5 Å². The number of allylic oxidation sites excluding steroid dienone is 2. The van der Waals surface area contributed by atoms with Crippen molar-refractivity contribution in [2.75, 3.05) is 93.8 Å². The monoisotopic (exact) mass is 962 g/mol. The Hall–Kier alpha value is -2.66. The number of ether oxygens (including phenoxy) is 2. The summed E-state index contributed by atoms with van der Waals surface area (Å²) in [6.45, 7) is 24.4. The van der Waals surface area contributed by atoms with E-state index >= 15 is 0 Å². The first-order valence-corrected chi connectivity index (χ1v) is 22.8. The summed E-state index contributed by atoms with van der Waals surface area (Å²) in [6, 6.07) is 12.9. The van der Waals surface area contributed by atoms with Gasteiger partial charge in [-0.3, -0.25) is 9.59 Å². The molecule has 0 aliphatic carbocycles. The van der Waals surface area contributed by atoms with Gasteiger partial charge < -0.3 is 62.2 Å². The van der Waals surface area contributed by atoms with E-state index in [9.17, 15) is 9.59 Å². The molecule has 0 fully saturated rings. The molecule has 0 atom stereocenters. The summed E-state index contributed by atoms with van der Waals surface area (Å²) in [5, 5.41) is 0. The van der Waals surface area contributed by atoms with Crippen molar-refractivity contribution in [1.29, 1.82) is 0 Å². The standard InChI is InChI=1S/C50H84N4O4.2BrH/c1-11-17-31-51(32-18-12-2)49(55)41-53(7,8)35-21-23-37-57-47-30-28-44(40-45(47)26-16-6)46-39-43(25-15-5)27-29-48(46)58-38-24-22-36-54(9,10)42-50(56)52(33-19-13-3)34-20-14-4;;/h15-16,27-30,39-40H,5-6,11-14,17-26,31-38,41-42H2,1-4,7-10H3;2*1H/q+2;;/p-2. The Morgan fingerprint density at radius 1 is 0.583 bits per heavy atom. The Balaban J connectivity index is 0.0000174. The molecule has 0 N–H and O–H groups in total. The highest BCUT2D eigenvalue weighted by atomic mass is 79.9. The first kappa shape index (κ1) is 57.3. The highest BCUT2D eigenvalue weighted by Gasteiger charge is 2.25. The molecule has 8 nitrogen and oxygen atoms in total. The molecule has 0 aliphatic rings. The lowest BCUT2D eigenvalue weighted by atomic mass is 9.97. The summed E-state index contributed by atoms with van der Waals surface area (Å²) < 4.78 is 14.2. The van der Waals surface area contributed by atoms with Gasteiger partial charge in [0.15, 0.2) is 13.1 Å². The van der Waals surface area contributed by atoms with Gasteiger partial charge in [-0.15, -0.1) is 13.2 Å². The number of nitrogens with zero attached hydrogens (tertiary/aromatic N) is 4. The van der Waals surface area contributed by atoms with Crippen LogP contribution >= 0.6 is 0 Å². The number of unbranched alkanes of at least 4 members (excludes halogenated alkanes) is 6. The molecule has 60 heavy (non-hydrogen) atoms. The summed E-state index contributed by atoms with van der Waals surface area (Å²) in [4.78, 5) is 30.6. The molecule has 0 saturated carbocycles. The smallest absolute Gasteiger partial charge is 0.277 e. The molecule has 10 heteroatoms. The maximum absolute atomic E-state index is 13.2. The van der Waals surface area contributed by atoms with E-state index < -0.39 is 0 Å². The number of hydrogen-bond acceptors (Lipinski definition) is 4. The quantitative estimate of drug-likeness (QED) is 0.0614. The summed E-state index contributed by atoms with van der Waals surface area (Å²) in [6.07, 6.45) is 17.8. The molecule has 342 valence electrons. The van der Waals surface area contributed by atoms with Gasteiger partial charge in [-0.1, -0.05) is 77.7 Å². The SMILES string of the molecule is C=CCc1ccc(OCCCC[N+](C)(C)CC(=O)N(CCCC)CCCC)c(-c2ccc(OCCCC[N+](C)(C)CC(=O)N(CCCC)CCCC)c(CC=C)c2)c1.[Br-].[Br-]. The molecule has 2 aromatic carbocycles. The molecule has 0 spiro atoms. The zero-order valence-electron chi connectivity index (χ0n) is 39.2. The average molecular weight is 965 g/mol. The van der Waals surface area contributed by atoms with Crippen LogP contribution in [-0.4, -0.2) is 124 Å². The fourth-order valence-corrected chi connectivity index (χ4v) is 7.28. The molecule has 2 amide bonds. The lowest BCUT2D eigenvalue weighted by Gasteiger charge is -2.32. The van der Waals surface area contributed by atoms with Crippen LogP contribution in [0, 0.1) is 0 Å². The van der Waals surface area contributed by atoms with E-state index in [0.717, 1.165) is 151 Å². The number of benzene rings is 2.